The van der Waals surface area contributed by atoms with E-state index in [9.17, 15) is 14.0 Å². The van der Waals surface area contributed by atoms with E-state index in [1.54, 1.807) is 29.2 Å². The third-order valence-corrected chi connectivity index (χ3v) is 6.13. The minimum atomic E-state index is -0.621. The molecule has 6 nitrogen and oxygen atoms in total. The van der Waals surface area contributed by atoms with Crippen molar-refractivity contribution < 1.29 is 18.3 Å². The molecule has 31 heavy (non-hydrogen) atoms. The summed E-state index contributed by atoms with van der Waals surface area (Å²) in [5.74, 6) is -0.853. The lowest BCUT2D eigenvalue weighted by molar-refractivity contribution is 0.0314. The maximum Gasteiger partial charge on any atom is 0.290 e. The number of nitrogens with zero attached hydrogens (tertiary/aromatic N) is 2. The number of halogens is 2. The molecule has 2 aromatic carbocycles. The Morgan fingerprint density at radius 1 is 1.03 bits per heavy atom. The monoisotopic (exact) mass is 442 g/mol. The van der Waals surface area contributed by atoms with Crippen molar-refractivity contribution in [2.75, 3.05) is 39.4 Å². The first-order valence-corrected chi connectivity index (χ1v) is 10.5. The van der Waals surface area contributed by atoms with Crippen LogP contribution in [0.5, 0.6) is 0 Å². The van der Waals surface area contributed by atoms with Gasteiger partial charge in [-0.15, -0.1) is 0 Å². The third kappa shape index (κ3) is 3.63. The Morgan fingerprint density at radius 3 is 2.52 bits per heavy atom. The Kier molecular flexibility index (Phi) is 5.25. The van der Waals surface area contributed by atoms with Gasteiger partial charge in [-0.2, -0.15) is 0 Å². The second-order valence-electron chi connectivity index (χ2n) is 7.72. The van der Waals surface area contributed by atoms with Gasteiger partial charge in [-0.3, -0.25) is 14.5 Å². The minimum absolute atomic E-state index is 0.0195. The third-order valence-electron chi connectivity index (χ3n) is 5.87. The summed E-state index contributed by atoms with van der Waals surface area (Å²) in [5.41, 5.74) is 0.801. The molecule has 1 fully saturated rings. The first kappa shape index (κ1) is 20.2. The fourth-order valence-electron chi connectivity index (χ4n) is 4.29. The molecule has 0 radical (unpaired) electrons. The molecule has 2 aliphatic rings. The maximum atomic E-state index is 13.8. The van der Waals surface area contributed by atoms with E-state index in [4.69, 9.17) is 20.8 Å². The van der Waals surface area contributed by atoms with Crippen LogP contribution in [-0.2, 0) is 4.74 Å². The van der Waals surface area contributed by atoms with E-state index >= 15 is 0 Å². The number of morpholine rings is 1. The summed E-state index contributed by atoms with van der Waals surface area (Å²) < 4.78 is 25.0. The highest BCUT2D eigenvalue weighted by molar-refractivity contribution is 6.30. The van der Waals surface area contributed by atoms with Gasteiger partial charge in [0.15, 0.2) is 5.43 Å². The lowest BCUT2D eigenvalue weighted by Gasteiger charge is -2.31. The SMILES string of the molecule is O=C1c2oc3ccc(F)cc3c(=O)c2C(c2ccc(Cl)cc2)N1CCN1CCOCC1. The van der Waals surface area contributed by atoms with Crippen LogP contribution in [0.2, 0.25) is 5.02 Å². The van der Waals surface area contributed by atoms with Crippen LogP contribution in [-0.4, -0.2) is 55.1 Å². The second kappa shape index (κ2) is 8.07. The number of carbonyl (C=O) groups excluding carboxylic acids is 1. The van der Waals surface area contributed by atoms with Gasteiger partial charge in [0, 0.05) is 31.2 Å². The first-order valence-electron chi connectivity index (χ1n) is 10.2. The average molecular weight is 443 g/mol. The predicted molar refractivity (Wildman–Crippen MR) is 114 cm³/mol. The first-order chi connectivity index (χ1) is 15.0. The highest BCUT2D eigenvalue weighted by atomic mass is 35.5. The minimum Gasteiger partial charge on any atom is -0.450 e. The molecule has 1 aromatic heterocycles. The zero-order chi connectivity index (χ0) is 21.5. The van der Waals surface area contributed by atoms with Crippen molar-refractivity contribution in [3.05, 3.63) is 80.4 Å². The number of fused-ring (bicyclic) bond motifs is 2. The lowest BCUT2D eigenvalue weighted by atomic mass is 9.98. The van der Waals surface area contributed by atoms with Gasteiger partial charge in [-0.05, 0) is 35.9 Å². The summed E-state index contributed by atoms with van der Waals surface area (Å²) in [4.78, 5) is 30.6. The summed E-state index contributed by atoms with van der Waals surface area (Å²) in [5, 5.41) is 0.682. The summed E-state index contributed by atoms with van der Waals surface area (Å²) in [6.45, 7) is 3.97. The van der Waals surface area contributed by atoms with Crippen molar-refractivity contribution in [2.45, 2.75) is 6.04 Å². The van der Waals surface area contributed by atoms with E-state index in [0.29, 0.717) is 31.3 Å². The van der Waals surface area contributed by atoms with E-state index in [1.165, 1.54) is 12.1 Å². The highest BCUT2D eigenvalue weighted by Gasteiger charge is 2.42. The molecule has 1 unspecified atom stereocenters. The number of carbonyl (C=O) groups is 1. The van der Waals surface area contributed by atoms with Gasteiger partial charge in [-0.25, -0.2) is 4.39 Å². The average Bonchev–Trinajstić information content (AvgIpc) is 3.06. The number of ether oxygens (including phenoxy) is 1. The molecule has 5 rings (SSSR count). The van der Waals surface area contributed by atoms with Crippen LogP contribution < -0.4 is 5.43 Å². The van der Waals surface area contributed by atoms with Crippen molar-refractivity contribution in [1.29, 1.82) is 0 Å². The van der Waals surface area contributed by atoms with Crippen LogP contribution in [0.4, 0.5) is 4.39 Å². The van der Waals surface area contributed by atoms with Crippen molar-refractivity contribution in [1.82, 2.24) is 9.80 Å². The van der Waals surface area contributed by atoms with Crippen molar-refractivity contribution >= 4 is 28.5 Å². The molecule has 3 aromatic rings. The van der Waals surface area contributed by atoms with Gasteiger partial charge >= 0.3 is 0 Å². The molecule has 1 atom stereocenters. The van der Waals surface area contributed by atoms with Crippen LogP contribution in [0.3, 0.4) is 0 Å². The smallest absolute Gasteiger partial charge is 0.290 e. The molecule has 0 N–H and O–H groups in total. The van der Waals surface area contributed by atoms with Crippen molar-refractivity contribution in [3.8, 4) is 0 Å². The van der Waals surface area contributed by atoms with E-state index in [1.807, 2.05) is 0 Å². The highest BCUT2D eigenvalue weighted by Crippen LogP contribution is 2.38. The maximum absolute atomic E-state index is 13.8. The zero-order valence-electron chi connectivity index (χ0n) is 16.6. The molecule has 8 heteroatoms. The van der Waals surface area contributed by atoms with E-state index in [0.717, 1.165) is 24.7 Å². The topological polar surface area (TPSA) is 63.0 Å². The van der Waals surface area contributed by atoms with E-state index in [2.05, 4.69) is 4.90 Å². The van der Waals surface area contributed by atoms with Crippen molar-refractivity contribution in [2.24, 2.45) is 0 Å². The van der Waals surface area contributed by atoms with Gasteiger partial charge in [0.2, 0.25) is 5.76 Å². The number of hydrogen-bond acceptors (Lipinski definition) is 5. The van der Waals surface area contributed by atoms with Crippen LogP contribution in [0.25, 0.3) is 11.0 Å². The normalized spacial score (nSPS) is 19.2. The molecule has 0 spiro atoms. The summed E-state index contributed by atoms with van der Waals surface area (Å²) >= 11 is 6.05. The second-order valence-corrected chi connectivity index (χ2v) is 8.16. The Hall–Kier alpha value is -2.74. The fourth-order valence-corrected chi connectivity index (χ4v) is 4.41. The van der Waals surface area contributed by atoms with E-state index < -0.39 is 17.3 Å². The molecule has 0 aliphatic carbocycles. The largest absolute Gasteiger partial charge is 0.450 e. The van der Waals surface area contributed by atoms with Crippen LogP contribution in [0, 0.1) is 5.82 Å². The molecule has 1 saturated heterocycles. The standard InChI is InChI=1S/C23H20ClFN2O4/c24-15-3-1-14(2-4-15)20-19-21(28)17-13-16(25)5-6-18(17)31-22(19)23(29)27(20)8-7-26-9-11-30-12-10-26/h1-6,13,20H,7-12H2. The Morgan fingerprint density at radius 2 is 1.77 bits per heavy atom. The molecular formula is C23H20ClFN2O4. The number of benzene rings is 2. The van der Waals surface area contributed by atoms with E-state index in [-0.39, 0.29) is 28.2 Å². The number of rotatable bonds is 4. The van der Waals surface area contributed by atoms with Gasteiger partial charge in [0.05, 0.1) is 30.2 Å². The van der Waals surface area contributed by atoms with Gasteiger partial charge in [0.1, 0.15) is 11.4 Å². The lowest BCUT2D eigenvalue weighted by Crippen LogP contribution is -2.42. The molecule has 0 saturated carbocycles. The molecule has 1 amide bonds. The van der Waals surface area contributed by atoms with Gasteiger partial charge < -0.3 is 14.1 Å². The van der Waals surface area contributed by atoms with Crippen LogP contribution >= 0.6 is 11.6 Å². The summed E-state index contributed by atoms with van der Waals surface area (Å²) in [6.07, 6.45) is 0. The fraction of sp³-hybridized carbons (Fsp3) is 0.304. The van der Waals surface area contributed by atoms with Crippen LogP contribution in [0.15, 0.2) is 51.7 Å². The van der Waals surface area contributed by atoms with Crippen molar-refractivity contribution in [3.63, 3.8) is 0 Å². The zero-order valence-corrected chi connectivity index (χ0v) is 17.4. The Labute approximate surface area is 182 Å². The molecular weight excluding hydrogens is 423 g/mol. The molecule has 0 bridgehead atoms. The van der Waals surface area contributed by atoms with Gasteiger partial charge in [-0.1, -0.05) is 23.7 Å². The Balaban J connectivity index is 1.60. The van der Waals surface area contributed by atoms with Gasteiger partial charge in [0.25, 0.3) is 5.91 Å². The quantitative estimate of drug-likeness (QED) is 0.619. The number of amides is 1. The predicted octanol–water partition coefficient (Wildman–Crippen LogP) is 3.46. The molecule has 2 aliphatic heterocycles. The summed E-state index contributed by atoms with van der Waals surface area (Å²) in [7, 11) is 0. The summed E-state index contributed by atoms with van der Waals surface area (Å²) in [6, 6.07) is 10.2. The molecule has 3 heterocycles. The number of hydrogen-bond donors (Lipinski definition) is 0. The Bertz CT molecular complexity index is 1200. The molecule has 160 valence electrons. The van der Waals surface area contributed by atoms with Crippen LogP contribution in [0.1, 0.15) is 27.7 Å².